The third-order valence-corrected chi connectivity index (χ3v) is 3.17. The van der Waals surface area contributed by atoms with Crippen LogP contribution in [0.1, 0.15) is 27.2 Å². The predicted molar refractivity (Wildman–Crippen MR) is 64.1 cm³/mol. The molecule has 1 fully saturated rings. The molecular weight excluding hydrogens is 188 g/mol. The minimum absolute atomic E-state index is 0.369. The summed E-state index contributed by atoms with van der Waals surface area (Å²) in [5, 5.41) is 3.73. The molecule has 1 N–H and O–H groups in total. The molecule has 0 saturated carbocycles. The van der Waals surface area contributed by atoms with Crippen molar-refractivity contribution in [3.63, 3.8) is 0 Å². The van der Waals surface area contributed by atoms with Gasteiger partial charge in [-0.05, 0) is 33.4 Å². The Balaban J connectivity index is 2.43. The van der Waals surface area contributed by atoms with E-state index in [0.717, 1.165) is 19.6 Å². The van der Waals surface area contributed by atoms with Crippen LogP contribution in [-0.4, -0.2) is 50.3 Å². The summed E-state index contributed by atoms with van der Waals surface area (Å²) in [6.45, 7) is 8.73. The summed E-state index contributed by atoms with van der Waals surface area (Å²) >= 11 is 0. The molecule has 0 radical (unpaired) electrons. The molecular formula is C12H26N2O. The number of nitrogens with one attached hydrogen (secondary N) is 1. The van der Waals surface area contributed by atoms with Gasteiger partial charge in [-0.3, -0.25) is 0 Å². The Kier molecular flexibility index (Phi) is 5.03. The Bertz CT molecular complexity index is 182. The van der Waals surface area contributed by atoms with Crippen molar-refractivity contribution in [2.45, 2.75) is 45.4 Å². The van der Waals surface area contributed by atoms with Gasteiger partial charge in [-0.15, -0.1) is 0 Å². The third kappa shape index (κ3) is 4.09. The standard InChI is InChI=1S/C12H26N2O/c1-9(2)12(8-14(4)5)13-11-6-7-15-10(11)3/h9-13H,6-8H2,1-5H3. The first-order chi connectivity index (χ1) is 7.00. The molecule has 90 valence electrons. The Labute approximate surface area is 94.2 Å². The van der Waals surface area contributed by atoms with Crippen molar-refractivity contribution >= 4 is 0 Å². The number of hydrogen-bond acceptors (Lipinski definition) is 3. The molecule has 3 nitrogen and oxygen atoms in total. The van der Waals surface area contributed by atoms with Crippen LogP contribution in [0.15, 0.2) is 0 Å². The maximum absolute atomic E-state index is 5.57. The first kappa shape index (κ1) is 12.9. The molecule has 1 saturated heterocycles. The smallest absolute Gasteiger partial charge is 0.0700 e. The van der Waals surface area contributed by atoms with Crippen molar-refractivity contribution in [1.82, 2.24) is 10.2 Å². The van der Waals surface area contributed by atoms with E-state index in [0.29, 0.717) is 24.1 Å². The molecule has 0 spiro atoms. The van der Waals surface area contributed by atoms with Crippen LogP contribution in [0.25, 0.3) is 0 Å². The lowest BCUT2D eigenvalue weighted by atomic mass is 10.0. The summed E-state index contributed by atoms with van der Waals surface area (Å²) in [7, 11) is 4.26. The molecule has 3 unspecified atom stereocenters. The van der Waals surface area contributed by atoms with Gasteiger partial charge >= 0.3 is 0 Å². The summed E-state index contributed by atoms with van der Waals surface area (Å²) in [4.78, 5) is 2.25. The van der Waals surface area contributed by atoms with Gasteiger partial charge in [0, 0.05) is 25.2 Å². The lowest BCUT2D eigenvalue weighted by molar-refractivity contribution is 0.107. The van der Waals surface area contributed by atoms with Gasteiger partial charge in [-0.2, -0.15) is 0 Å². The van der Waals surface area contributed by atoms with Crippen molar-refractivity contribution in [1.29, 1.82) is 0 Å². The average molecular weight is 214 g/mol. The summed E-state index contributed by atoms with van der Waals surface area (Å²) < 4.78 is 5.57. The molecule has 0 aromatic carbocycles. The maximum atomic E-state index is 5.57. The van der Waals surface area contributed by atoms with E-state index in [4.69, 9.17) is 4.74 Å². The van der Waals surface area contributed by atoms with Gasteiger partial charge in [0.15, 0.2) is 0 Å². The molecule has 0 aromatic rings. The van der Waals surface area contributed by atoms with Gasteiger partial charge in [0.05, 0.1) is 6.10 Å². The van der Waals surface area contributed by atoms with Crippen LogP contribution in [0.4, 0.5) is 0 Å². The molecule has 3 heteroatoms. The van der Waals surface area contributed by atoms with Crippen LogP contribution < -0.4 is 5.32 Å². The molecule has 1 aliphatic heterocycles. The highest BCUT2D eigenvalue weighted by Crippen LogP contribution is 2.15. The Hall–Kier alpha value is -0.120. The number of hydrogen-bond donors (Lipinski definition) is 1. The van der Waals surface area contributed by atoms with Gasteiger partial charge in [0.25, 0.3) is 0 Å². The largest absolute Gasteiger partial charge is 0.377 e. The van der Waals surface area contributed by atoms with E-state index in [-0.39, 0.29) is 0 Å². The van der Waals surface area contributed by atoms with E-state index in [1.165, 1.54) is 0 Å². The van der Waals surface area contributed by atoms with Crippen LogP contribution in [0, 0.1) is 5.92 Å². The van der Waals surface area contributed by atoms with Crippen LogP contribution in [0.2, 0.25) is 0 Å². The van der Waals surface area contributed by atoms with E-state index < -0.39 is 0 Å². The zero-order chi connectivity index (χ0) is 11.4. The second kappa shape index (κ2) is 5.83. The zero-order valence-electron chi connectivity index (χ0n) is 10.8. The number of likely N-dealkylation sites (N-methyl/N-ethyl adjacent to an activating group) is 1. The van der Waals surface area contributed by atoms with Crippen LogP contribution in [0.3, 0.4) is 0 Å². The van der Waals surface area contributed by atoms with Gasteiger partial charge in [-0.25, -0.2) is 0 Å². The minimum atomic E-state index is 0.369. The van der Waals surface area contributed by atoms with Gasteiger partial charge < -0.3 is 15.0 Å². The third-order valence-electron chi connectivity index (χ3n) is 3.17. The van der Waals surface area contributed by atoms with E-state index in [1.807, 2.05) is 0 Å². The molecule has 0 aliphatic carbocycles. The summed E-state index contributed by atoms with van der Waals surface area (Å²) in [5.41, 5.74) is 0. The SMILES string of the molecule is CC(C)C(CN(C)C)NC1CCOC1C. The summed E-state index contributed by atoms with van der Waals surface area (Å²) in [5.74, 6) is 0.667. The number of rotatable bonds is 5. The van der Waals surface area contributed by atoms with Gasteiger partial charge in [0.1, 0.15) is 0 Å². The topological polar surface area (TPSA) is 24.5 Å². The first-order valence-corrected chi connectivity index (χ1v) is 6.03. The minimum Gasteiger partial charge on any atom is -0.377 e. The van der Waals surface area contributed by atoms with Crippen molar-refractivity contribution in [2.75, 3.05) is 27.2 Å². The highest BCUT2D eigenvalue weighted by Gasteiger charge is 2.27. The van der Waals surface area contributed by atoms with Crippen molar-refractivity contribution in [3.05, 3.63) is 0 Å². The predicted octanol–water partition coefficient (Wildman–Crippen LogP) is 1.34. The molecule has 0 bridgehead atoms. The quantitative estimate of drug-likeness (QED) is 0.747. The lowest BCUT2D eigenvalue weighted by Gasteiger charge is -2.29. The van der Waals surface area contributed by atoms with E-state index >= 15 is 0 Å². The normalized spacial score (nSPS) is 29.0. The van der Waals surface area contributed by atoms with Gasteiger partial charge in [0.2, 0.25) is 0 Å². The monoisotopic (exact) mass is 214 g/mol. The van der Waals surface area contributed by atoms with Crippen LogP contribution >= 0.6 is 0 Å². The molecule has 15 heavy (non-hydrogen) atoms. The van der Waals surface area contributed by atoms with E-state index in [1.54, 1.807) is 0 Å². The lowest BCUT2D eigenvalue weighted by Crippen LogP contribution is -2.49. The van der Waals surface area contributed by atoms with Gasteiger partial charge in [-0.1, -0.05) is 13.8 Å². The highest BCUT2D eigenvalue weighted by atomic mass is 16.5. The van der Waals surface area contributed by atoms with E-state index in [9.17, 15) is 0 Å². The van der Waals surface area contributed by atoms with Crippen molar-refractivity contribution in [2.24, 2.45) is 5.92 Å². The van der Waals surface area contributed by atoms with Crippen LogP contribution in [-0.2, 0) is 4.74 Å². The second-order valence-corrected chi connectivity index (χ2v) is 5.25. The molecule has 0 amide bonds. The van der Waals surface area contributed by atoms with E-state index in [2.05, 4.69) is 45.1 Å². The Morgan fingerprint density at radius 3 is 2.47 bits per heavy atom. The van der Waals surface area contributed by atoms with Crippen molar-refractivity contribution in [3.8, 4) is 0 Å². The zero-order valence-corrected chi connectivity index (χ0v) is 10.8. The maximum Gasteiger partial charge on any atom is 0.0700 e. The molecule has 1 rings (SSSR count). The van der Waals surface area contributed by atoms with Crippen molar-refractivity contribution < 1.29 is 4.74 Å². The molecule has 3 atom stereocenters. The second-order valence-electron chi connectivity index (χ2n) is 5.25. The number of ether oxygens (including phenoxy) is 1. The Morgan fingerprint density at radius 1 is 1.40 bits per heavy atom. The van der Waals surface area contributed by atoms with Crippen LogP contribution in [0.5, 0.6) is 0 Å². The fraction of sp³-hybridized carbons (Fsp3) is 1.00. The molecule has 0 aromatic heterocycles. The molecule has 1 heterocycles. The summed E-state index contributed by atoms with van der Waals surface area (Å²) in [6.07, 6.45) is 1.52. The first-order valence-electron chi connectivity index (χ1n) is 6.03. The summed E-state index contributed by atoms with van der Waals surface area (Å²) in [6, 6.07) is 1.10. The molecule has 1 aliphatic rings. The fourth-order valence-electron chi connectivity index (χ4n) is 2.07. The highest BCUT2D eigenvalue weighted by molar-refractivity contribution is 4.85. The number of nitrogens with zero attached hydrogens (tertiary/aromatic N) is 1. The fourth-order valence-corrected chi connectivity index (χ4v) is 2.07. The Morgan fingerprint density at radius 2 is 2.07 bits per heavy atom. The average Bonchev–Trinajstić information content (AvgIpc) is 2.50.